The van der Waals surface area contributed by atoms with E-state index in [9.17, 15) is 10.1 Å². The van der Waals surface area contributed by atoms with Gasteiger partial charge in [-0.25, -0.2) is 0 Å². The zero-order chi connectivity index (χ0) is 7.72. The molecule has 0 N–H and O–H groups in total. The van der Waals surface area contributed by atoms with Crippen LogP contribution < -0.4 is 0 Å². The first-order valence-corrected chi connectivity index (χ1v) is 2.63. The topological polar surface area (TPSA) is 73.8 Å². The molecule has 0 radical (unpaired) electrons. The maximum absolute atomic E-state index is 10.1. The van der Waals surface area contributed by atoms with Crippen LogP contribution in [0.3, 0.4) is 0 Å². The zero-order valence-corrected chi connectivity index (χ0v) is 5.61. The predicted octanol–water partition coefficient (Wildman–Crippen LogP) is 0.0317. The summed E-state index contributed by atoms with van der Waals surface area (Å²) in [5, 5.41) is 13.8. The molecule has 1 aromatic rings. The standard InChI is InChI=1S/C4H6N4O2/c1-3-5-4(8(9)10)7(2)6-3/h1-2H3. The Morgan fingerprint density at radius 1 is 1.70 bits per heavy atom. The normalized spacial score (nSPS) is 9.80. The summed E-state index contributed by atoms with van der Waals surface area (Å²) in [4.78, 5) is 13.1. The number of hydrogen-bond acceptors (Lipinski definition) is 4. The minimum Gasteiger partial charge on any atom is -0.390 e. The second-order valence-electron chi connectivity index (χ2n) is 1.84. The molecule has 1 rings (SSSR count). The monoisotopic (exact) mass is 142 g/mol. The van der Waals surface area contributed by atoms with Gasteiger partial charge in [0.05, 0.1) is 7.05 Å². The summed E-state index contributed by atoms with van der Waals surface area (Å²) in [6, 6.07) is 0. The summed E-state index contributed by atoms with van der Waals surface area (Å²) in [5.74, 6) is 0.187. The van der Waals surface area contributed by atoms with Crippen LogP contribution in [0.2, 0.25) is 0 Å². The van der Waals surface area contributed by atoms with Crippen molar-refractivity contribution in [1.82, 2.24) is 14.8 Å². The van der Waals surface area contributed by atoms with Crippen LogP contribution in [-0.4, -0.2) is 19.7 Å². The minimum atomic E-state index is -0.569. The fraction of sp³-hybridized carbons (Fsp3) is 0.500. The molecule has 0 amide bonds. The van der Waals surface area contributed by atoms with Crippen LogP contribution in [0, 0.1) is 17.0 Å². The first-order valence-electron chi connectivity index (χ1n) is 2.63. The predicted molar refractivity (Wildman–Crippen MR) is 32.4 cm³/mol. The summed E-state index contributed by atoms with van der Waals surface area (Å²) in [5.41, 5.74) is 0. The van der Waals surface area contributed by atoms with Gasteiger partial charge >= 0.3 is 5.95 Å². The molecule has 0 aromatic carbocycles. The SMILES string of the molecule is Cc1nc([N+](=O)[O-])n(C)n1. The lowest BCUT2D eigenvalue weighted by Gasteiger charge is -1.88. The van der Waals surface area contributed by atoms with Gasteiger partial charge in [0.15, 0.2) is 0 Å². The molecule has 10 heavy (non-hydrogen) atoms. The second-order valence-corrected chi connectivity index (χ2v) is 1.84. The molecule has 0 spiro atoms. The summed E-state index contributed by atoms with van der Waals surface area (Å²) in [6.07, 6.45) is 0. The van der Waals surface area contributed by atoms with Crippen molar-refractivity contribution >= 4 is 5.95 Å². The van der Waals surface area contributed by atoms with Crippen LogP contribution in [0.5, 0.6) is 0 Å². The van der Waals surface area contributed by atoms with E-state index in [-0.39, 0.29) is 5.95 Å². The molecule has 0 fully saturated rings. The third-order valence-corrected chi connectivity index (χ3v) is 1.01. The second kappa shape index (κ2) is 2.05. The Bertz CT molecular complexity index is 266. The van der Waals surface area contributed by atoms with E-state index < -0.39 is 4.92 Å². The van der Waals surface area contributed by atoms with Crippen molar-refractivity contribution in [3.63, 3.8) is 0 Å². The van der Waals surface area contributed by atoms with Crippen LogP contribution in [0.25, 0.3) is 0 Å². The van der Waals surface area contributed by atoms with Gasteiger partial charge in [-0.15, -0.1) is 4.68 Å². The fourth-order valence-corrected chi connectivity index (χ4v) is 0.660. The lowest BCUT2D eigenvalue weighted by Crippen LogP contribution is -1.98. The van der Waals surface area contributed by atoms with Crippen LogP contribution in [0.1, 0.15) is 5.82 Å². The fourth-order valence-electron chi connectivity index (χ4n) is 0.660. The van der Waals surface area contributed by atoms with Crippen molar-refractivity contribution < 1.29 is 4.92 Å². The summed E-state index contributed by atoms with van der Waals surface area (Å²) in [6.45, 7) is 1.60. The van der Waals surface area contributed by atoms with Crippen molar-refractivity contribution in [2.45, 2.75) is 6.92 Å². The maximum atomic E-state index is 10.1. The highest BCUT2D eigenvalue weighted by Gasteiger charge is 2.14. The molecule has 0 unspecified atom stereocenters. The van der Waals surface area contributed by atoms with E-state index in [0.717, 1.165) is 4.68 Å². The molecule has 0 bridgehead atoms. The lowest BCUT2D eigenvalue weighted by atomic mass is 10.8. The van der Waals surface area contributed by atoms with Crippen molar-refractivity contribution in [3.8, 4) is 0 Å². The number of aryl methyl sites for hydroxylation is 2. The minimum absolute atomic E-state index is 0.225. The zero-order valence-electron chi connectivity index (χ0n) is 5.61. The first-order chi connectivity index (χ1) is 4.61. The highest BCUT2D eigenvalue weighted by atomic mass is 16.6. The van der Waals surface area contributed by atoms with Crippen molar-refractivity contribution in [1.29, 1.82) is 0 Å². The van der Waals surface area contributed by atoms with Gasteiger partial charge in [0, 0.05) is 6.92 Å². The molecule has 1 heterocycles. The molecule has 6 heteroatoms. The maximum Gasteiger partial charge on any atom is 0.455 e. The highest BCUT2D eigenvalue weighted by molar-refractivity contribution is 5.03. The van der Waals surface area contributed by atoms with Crippen LogP contribution in [0.4, 0.5) is 5.95 Å². The van der Waals surface area contributed by atoms with E-state index in [4.69, 9.17) is 0 Å². The molecule has 1 aromatic heterocycles. The first kappa shape index (κ1) is 6.66. The van der Waals surface area contributed by atoms with E-state index in [1.54, 1.807) is 6.92 Å². The lowest BCUT2D eigenvalue weighted by molar-refractivity contribution is -0.396. The number of rotatable bonds is 1. The Balaban J connectivity index is 3.15. The number of nitro groups is 1. The third kappa shape index (κ3) is 0.949. The quantitative estimate of drug-likeness (QED) is 0.409. The van der Waals surface area contributed by atoms with E-state index in [2.05, 4.69) is 10.1 Å². The molecule has 0 saturated carbocycles. The van der Waals surface area contributed by atoms with Crippen molar-refractivity contribution in [2.24, 2.45) is 7.05 Å². The Hall–Kier alpha value is -1.46. The molecular weight excluding hydrogens is 136 g/mol. The highest BCUT2D eigenvalue weighted by Crippen LogP contribution is 2.03. The van der Waals surface area contributed by atoms with Gasteiger partial charge in [-0.2, -0.15) is 0 Å². The summed E-state index contributed by atoms with van der Waals surface area (Å²) in [7, 11) is 1.48. The van der Waals surface area contributed by atoms with E-state index in [1.165, 1.54) is 7.05 Å². The summed E-state index contributed by atoms with van der Waals surface area (Å²) >= 11 is 0. The van der Waals surface area contributed by atoms with Crippen molar-refractivity contribution in [2.75, 3.05) is 0 Å². The molecule has 0 aliphatic heterocycles. The Morgan fingerprint density at radius 3 is 2.50 bits per heavy atom. The third-order valence-electron chi connectivity index (χ3n) is 1.01. The number of nitrogens with zero attached hydrogens (tertiary/aromatic N) is 4. The smallest absolute Gasteiger partial charge is 0.390 e. The molecule has 6 nitrogen and oxygen atoms in total. The Morgan fingerprint density at radius 2 is 2.30 bits per heavy atom. The molecule has 0 aliphatic rings. The summed E-state index contributed by atoms with van der Waals surface area (Å²) < 4.78 is 1.13. The molecule has 54 valence electrons. The van der Waals surface area contributed by atoms with E-state index in [1.807, 2.05) is 0 Å². The van der Waals surface area contributed by atoms with Gasteiger partial charge in [0.2, 0.25) is 5.82 Å². The Labute approximate surface area is 56.6 Å². The van der Waals surface area contributed by atoms with Crippen LogP contribution in [0.15, 0.2) is 0 Å². The van der Waals surface area contributed by atoms with Gasteiger partial charge in [0.1, 0.15) is 0 Å². The molecule has 0 saturated heterocycles. The number of hydrogen-bond donors (Lipinski definition) is 0. The molecular formula is C4H6N4O2. The average molecular weight is 142 g/mol. The Kier molecular flexibility index (Phi) is 1.37. The van der Waals surface area contributed by atoms with E-state index in [0.29, 0.717) is 5.82 Å². The van der Waals surface area contributed by atoms with Crippen LogP contribution in [-0.2, 0) is 7.05 Å². The van der Waals surface area contributed by atoms with Gasteiger partial charge in [-0.05, 0) is 9.91 Å². The van der Waals surface area contributed by atoms with Gasteiger partial charge in [0.25, 0.3) is 0 Å². The van der Waals surface area contributed by atoms with Crippen molar-refractivity contribution in [3.05, 3.63) is 15.9 Å². The van der Waals surface area contributed by atoms with Crippen LogP contribution >= 0.6 is 0 Å². The van der Waals surface area contributed by atoms with E-state index >= 15 is 0 Å². The van der Waals surface area contributed by atoms with Gasteiger partial charge in [-0.1, -0.05) is 5.10 Å². The number of aromatic nitrogens is 3. The largest absolute Gasteiger partial charge is 0.455 e. The van der Waals surface area contributed by atoms with Gasteiger partial charge < -0.3 is 10.1 Å². The average Bonchev–Trinajstić information content (AvgIpc) is 2.10. The van der Waals surface area contributed by atoms with Gasteiger partial charge in [-0.3, -0.25) is 0 Å². The molecule has 0 atom stereocenters. The molecule has 0 aliphatic carbocycles.